The lowest BCUT2D eigenvalue weighted by Crippen LogP contribution is -2.31. The van der Waals surface area contributed by atoms with Crippen LogP contribution >= 0.6 is 15.9 Å². The molecule has 1 heterocycles. The second-order valence-electron chi connectivity index (χ2n) is 5.34. The number of hydrogen-bond acceptors (Lipinski definition) is 3. The SMILES string of the molecule is Cc1nn(C)c(C)c1C(=O)NC(CC(=O)O)c1ccc(Br)cc1. The van der Waals surface area contributed by atoms with Crippen molar-refractivity contribution in [2.45, 2.75) is 26.3 Å². The van der Waals surface area contributed by atoms with Crippen molar-refractivity contribution in [3.8, 4) is 0 Å². The van der Waals surface area contributed by atoms with Crippen molar-refractivity contribution >= 4 is 27.8 Å². The van der Waals surface area contributed by atoms with Crippen molar-refractivity contribution in [2.75, 3.05) is 0 Å². The number of aromatic nitrogens is 2. The van der Waals surface area contributed by atoms with Crippen molar-refractivity contribution in [1.82, 2.24) is 15.1 Å². The van der Waals surface area contributed by atoms with Gasteiger partial charge in [0.1, 0.15) is 0 Å². The highest BCUT2D eigenvalue weighted by molar-refractivity contribution is 9.10. The first kappa shape index (κ1) is 17.2. The van der Waals surface area contributed by atoms with Gasteiger partial charge < -0.3 is 10.4 Å². The van der Waals surface area contributed by atoms with E-state index in [1.807, 2.05) is 12.1 Å². The molecule has 0 aliphatic heterocycles. The zero-order valence-corrected chi connectivity index (χ0v) is 14.7. The Bertz CT molecular complexity index is 738. The molecule has 1 unspecified atom stereocenters. The lowest BCUT2D eigenvalue weighted by molar-refractivity contribution is -0.137. The van der Waals surface area contributed by atoms with Crippen LogP contribution in [0.3, 0.4) is 0 Å². The van der Waals surface area contributed by atoms with Gasteiger partial charge in [0.2, 0.25) is 0 Å². The molecule has 6 nitrogen and oxygen atoms in total. The average Bonchev–Trinajstić information content (AvgIpc) is 2.71. The van der Waals surface area contributed by atoms with Crippen molar-refractivity contribution < 1.29 is 14.7 Å². The smallest absolute Gasteiger partial charge is 0.305 e. The fourth-order valence-corrected chi connectivity index (χ4v) is 2.72. The Kier molecular flexibility index (Phi) is 5.20. The molecule has 0 spiro atoms. The van der Waals surface area contributed by atoms with E-state index in [1.165, 1.54) is 0 Å². The van der Waals surface area contributed by atoms with Crippen LogP contribution in [-0.4, -0.2) is 26.8 Å². The summed E-state index contributed by atoms with van der Waals surface area (Å²) in [4.78, 5) is 23.7. The van der Waals surface area contributed by atoms with E-state index in [1.54, 1.807) is 37.7 Å². The predicted octanol–water partition coefficient (Wildman–Crippen LogP) is 2.75. The van der Waals surface area contributed by atoms with Gasteiger partial charge in [-0.3, -0.25) is 14.3 Å². The van der Waals surface area contributed by atoms with Crippen molar-refractivity contribution in [3.05, 3.63) is 51.3 Å². The van der Waals surface area contributed by atoms with Gasteiger partial charge in [-0.2, -0.15) is 5.10 Å². The van der Waals surface area contributed by atoms with E-state index in [2.05, 4.69) is 26.3 Å². The summed E-state index contributed by atoms with van der Waals surface area (Å²) in [7, 11) is 1.77. The molecule has 1 atom stereocenters. The van der Waals surface area contributed by atoms with Crippen LogP contribution in [0.2, 0.25) is 0 Å². The molecule has 2 aromatic rings. The highest BCUT2D eigenvalue weighted by Gasteiger charge is 2.23. The van der Waals surface area contributed by atoms with E-state index >= 15 is 0 Å². The van der Waals surface area contributed by atoms with E-state index in [9.17, 15) is 9.59 Å². The monoisotopic (exact) mass is 379 g/mol. The molecule has 0 aliphatic carbocycles. The summed E-state index contributed by atoms with van der Waals surface area (Å²) in [5.41, 5.74) is 2.58. The third-order valence-electron chi connectivity index (χ3n) is 3.69. The molecule has 0 saturated heterocycles. The molecule has 0 aliphatic rings. The lowest BCUT2D eigenvalue weighted by Gasteiger charge is -2.18. The number of hydrogen-bond donors (Lipinski definition) is 2. The van der Waals surface area contributed by atoms with Gasteiger partial charge in [-0.15, -0.1) is 0 Å². The molecule has 0 radical (unpaired) electrons. The normalized spacial score (nSPS) is 12.0. The van der Waals surface area contributed by atoms with Gasteiger partial charge in [-0.05, 0) is 31.5 Å². The second-order valence-corrected chi connectivity index (χ2v) is 6.26. The molecule has 122 valence electrons. The molecule has 2 rings (SSSR count). The van der Waals surface area contributed by atoms with Crippen LogP contribution in [0.5, 0.6) is 0 Å². The minimum absolute atomic E-state index is 0.189. The fraction of sp³-hybridized carbons (Fsp3) is 0.312. The molecule has 2 N–H and O–H groups in total. The number of nitrogens with zero attached hydrogens (tertiary/aromatic N) is 2. The Morgan fingerprint density at radius 1 is 1.30 bits per heavy atom. The largest absolute Gasteiger partial charge is 0.481 e. The third-order valence-corrected chi connectivity index (χ3v) is 4.22. The predicted molar refractivity (Wildman–Crippen MR) is 89.3 cm³/mol. The molecule has 0 saturated carbocycles. The van der Waals surface area contributed by atoms with Gasteiger partial charge >= 0.3 is 5.97 Å². The number of carboxylic acid groups (broad SMARTS) is 1. The Hall–Kier alpha value is -2.15. The number of carbonyl (C=O) groups is 2. The fourth-order valence-electron chi connectivity index (χ4n) is 2.45. The number of carboxylic acids is 1. The number of halogens is 1. The zero-order valence-electron chi connectivity index (χ0n) is 13.1. The Morgan fingerprint density at radius 2 is 1.91 bits per heavy atom. The lowest BCUT2D eigenvalue weighted by atomic mass is 10.0. The summed E-state index contributed by atoms with van der Waals surface area (Å²) in [6.45, 7) is 3.56. The first-order valence-electron chi connectivity index (χ1n) is 7.08. The van der Waals surface area contributed by atoms with E-state index < -0.39 is 12.0 Å². The topological polar surface area (TPSA) is 84.2 Å². The molecular formula is C16H18BrN3O3. The summed E-state index contributed by atoms with van der Waals surface area (Å²) in [5.74, 6) is -1.29. The number of rotatable bonds is 5. The Labute approximate surface area is 142 Å². The summed E-state index contributed by atoms with van der Waals surface area (Å²) in [6, 6.07) is 6.61. The van der Waals surface area contributed by atoms with Crippen LogP contribution in [0, 0.1) is 13.8 Å². The number of amides is 1. The Balaban J connectivity index is 2.28. The number of aryl methyl sites for hydroxylation is 2. The van der Waals surface area contributed by atoms with E-state index in [-0.39, 0.29) is 12.3 Å². The van der Waals surface area contributed by atoms with Crippen molar-refractivity contribution in [2.24, 2.45) is 7.05 Å². The highest BCUT2D eigenvalue weighted by Crippen LogP contribution is 2.21. The maximum atomic E-state index is 12.6. The molecule has 0 fully saturated rings. The number of benzene rings is 1. The number of nitrogens with one attached hydrogen (secondary N) is 1. The molecular weight excluding hydrogens is 362 g/mol. The summed E-state index contributed by atoms with van der Waals surface area (Å²) in [6.07, 6.45) is -0.189. The van der Waals surface area contributed by atoms with Gasteiger partial charge in [0.25, 0.3) is 5.91 Å². The van der Waals surface area contributed by atoms with Crippen LogP contribution in [-0.2, 0) is 11.8 Å². The standard InChI is InChI=1S/C16H18BrN3O3/c1-9-15(10(2)20(3)19-9)16(23)18-13(8-14(21)22)11-4-6-12(17)7-5-11/h4-7,13H,8H2,1-3H3,(H,18,23)(H,21,22). The maximum Gasteiger partial charge on any atom is 0.305 e. The van der Waals surface area contributed by atoms with E-state index in [0.717, 1.165) is 15.7 Å². The molecule has 1 aromatic heterocycles. The van der Waals surface area contributed by atoms with Gasteiger partial charge in [0.05, 0.1) is 23.7 Å². The summed E-state index contributed by atoms with van der Waals surface area (Å²) >= 11 is 3.34. The third kappa shape index (κ3) is 3.98. The molecule has 1 aromatic carbocycles. The van der Waals surface area contributed by atoms with Gasteiger partial charge in [-0.1, -0.05) is 28.1 Å². The number of aliphatic carboxylic acids is 1. The maximum absolute atomic E-state index is 12.6. The molecule has 23 heavy (non-hydrogen) atoms. The van der Waals surface area contributed by atoms with E-state index in [0.29, 0.717) is 11.3 Å². The second kappa shape index (κ2) is 6.95. The zero-order chi connectivity index (χ0) is 17.1. The quantitative estimate of drug-likeness (QED) is 0.836. The van der Waals surface area contributed by atoms with Gasteiger partial charge in [0.15, 0.2) is 0 Å². The van der Waals surface area contributed by atoms with Crippen LogP contribution in [0.15, 0.2) is 28.7 Å². The molecule has 1 amide bonds. The number of carbonyl (C=O) groups excluding carboxylic acids is 1. The van der Waals surface area contributed by atoms with Crippen LogP contribution < -0.4 is 5.32 Å². The minimum Gasteiger partial charge on any atom is -0.481 e. The van der Waals surface area contributed by atoms with Crippen LogP contribution in [0.1, 0.15) is 39.8 Å². The Morgan fingerprint density at radius 3 is 2.39 bits per heavy atom. The van der Waals surface area contributed by atoms with Crippen molar-refractivity contribution in [1.29, 1.82) is 0 Å². The van der Waals surface area contributed by atoms with E-state index in [4.69, 9.17) is 5.11 Å². The summed E-state index contributed by atoms with van der Waals surface area (Å²) < 4.78 is 2.52. The summed E-state index contributed by atoms with van der Waals surface area (Å²) in [5, 5.41) is 16.1. The average molecular weight is 380 g/mol. The minimum atomic E-state index is -0.974. The molecule has 7 heteroatoms. The van der Waals surface area contributed by atoms with Gasteiger partial charge in [0, 0.05) is 17.2 Å². The first-order valence-corrected chi connectivity index (χ1v) is 7.87. The van der Waals surface area contributed by atoms with Gasteiger partial charge in [-0.25, -0.2) is 0 Å². The van der Waals surface area contributed by atoms with Crippen LogP contribution in [0.4, 0.5) is 0 Å². The molecule has 0 bridgehead atoms. The highest BCUT2D eigenvalue weighted by atomic mass is 79.9. The first-order chi connectivity index (χ1) is 10.8. The van der Waals surface area contributed by atoms with Crippen molar-refractivity contribution in [3.63, 3.8) is 0 Å². The van der Waals surface area contributed by atoms with Crippen LogP contribution in [0.25, 0.3) is 0 Å².